The quantitative estimate of drug-likeness (QED) is 0.480. The van der Waals surface area contributed by atoms with Gasteiger partial charge < -0.3 is 15.5 Å². The van der Waals surface area contributed by atoms with Gasteiger partial charge in [-0.15, -0.1) is 0 Å². The summed E-state index contributed by atoms with van der Waals surface area (Å²) in [7, 11) is 1.25. The van der Waals surface area contributed by atoms with Gasteiger partial charge in [-0.25, -0.2) is 0 Å². The molecule has 0 saturated carbocycles. The van der Waals surface area contributed by atoms with E-state index in [0.29, 0.717) is 0 Å². The molecule has 3 aromatic rings. The minimum atomic E-state index is -4.67. The number of rotatable bonds is 3. The van der Waals surface area contributed by atoms with Crippen LogP contribution < -0.4 is 10.5 Å². The predicted molar refractivity (Wildman–Crippen MR) is 91.6 cm³/mol. The first-order valence-electron chi connectivity index (χ1n) is 7.60. The van der Waals surface area contributed by atoms with Gasteiger partial charge in [0.2, 0.25) is 0 Å². The van der Waals surface area contributed by atoms with Gasteiger partial charge in [0.05, 0.1) is 17.3 Å². The Hall–Kier alpha value is -3.56. The van der Waals surface area contributed by atoms with E-state index >= 15 is 0 Å². The van der Waals surface area contributed by atoms with E-state index in [2.05, 4.69) is 9.97 Å². The van der Waals surface area contributed by atoms with Gasteiger partial charge in [0, 0.05) is 24.7 Å². The molecular formula is C17H14F3N5O2. The molecule has 140 valence electrons. The first-order chi connectivity index (χ1) is 12.7. The van der Waals surface area contributed by atoms with E-state index in [1.54, 1.807) is 12.1 Å². The van der Waals surface area contributed by atoms with Gasteiger partial charge in [0.1, 0.15) is 17.2 Å². The fourth-order valence-corrected chi connectivity index (χ4v) is 2.45. The second kappa shape index (κ2) is 6.63. The summed E-state index contributed by atoms with van der Waals surface area (Å²) in [6.45, 7) is 0. The molecule has 0 aliphatic carbocycles. The SMILES string of the molecule is CN(C(=N)N)C(=O)c1cc2c(C(F)(F)F)cc(Oc3cccnc3)cc2[nH]1. The lowest BCUT2D eigenvalue weighted by atomic mass is 10.1. The van der Waals surface area contributed by atoms with E-state index in [1.165, 1.54) is 25.5 Å². The normalized spacial score (nSPS) is 11.4. The fourth-order valence-electron chi connectivity index (χ4n) is 2.45. The number of benzene rings is 1. The van der Waals surface area contributed by atoms with Crippen molar-refractivity contribution in [1.82, 2.24) is 14.9 Å². The van der Waals surface area contributed by atoms with E-state index in [4.69, 9.17) is 15.9 Å². The number of nitrogens with two attached hydrogens (primary N) is 1. The second-order valence-electron chi connectivity index (χ2n) is 5.65. The number of pyridine rings is 1. The van der Waals surface area contributed by atoms with Crippen molar-refractivity contribution >= 4 is 22.8 Å². The molecule has 0 aliphatic rings. The van der Waals surface area contributed by atoms with Gasteiger partial charge in [-0.1, -0.05) is 0 Å². The first kappa shape index (κ1) is 18.2. The van der Waals surface area contributed by atoms with Crippen LogP contribution in [0.3, 0.4) is 0 Å². The van der Waals surface area contributed by atoms with Crippen molar-refractivity contribution in [3.63, 3.8) is 0 Å². The highest BCUT2D eigenvalue weighted by atomic mass is 19.4. The number of aromatic amines is 1. The van der Waals surface area contributed by atoms with Crippen molar-refractivity contribution in [2.24, 2.45) is 5.73 Å². The van der Waals surface area contributed by atoms with Crippen molar-refractivity contribution in [2.45, 2.75) is 6.18 Å². The van der Waals surface area contributed by atoms with Crippen molar-refractivity contribution < 1.29 is 22.7 Å². The lowest BCUT2D eigenvalue weighted by Gasteiger charge is -2.12. The summed E-state index contributed by atoms with van der Waals surface area (Å²) in [6, 6.07) is 6.42. The molecule has 0 bridgehead atoms. The highest BCUT2D eigenvalue weighted by molar-refractivity contribution is 6.06. The van der Waals surface area contributed by atoms with Crippen LogP contribution in [0.1, 0.15) is 16.1 Å². The molecule has 0 atom stereocenters. The smallest absolute Gasteiger partial charge is 0.417 e. The Morgan fingerprint density at radius 2 is 2.04 bits per heavy atom. The minimum absolute atomic E-state index is 0.0593. The molecule has 27 heavy (non-hydrogen) atoms. The van der Waals surface area contributed by atoms with E-state index in [1.807, 2.05) is 0 Å². The zero-order valence-electron chi connectivity index (χ0n) is 14.0. The summed E-state index contributed by atoms with van der Waals surface area (Å²) in [5.74, 6) is -1.07. The second-order valence-corrected chi connectivity index (χ2v) is 5.65. The summed E-state index contributed by atoms with van der Waals surface area (Å²) in [4.78, 5) is 19.5. The third-order valence-electron chi connectivity index (χ3n) is 3.78. The van der Waals surface area contributed by atoms with E-state index in [9.17, 15) is 18.0 Å². The van der Waals surface area contributed by atoms with Crippen molar-refractivity contribution in [3.05, 3.63) is 54.0 Å². The van der Waals surface area contributed by atoms with Gasteiger partial charge in [-0.2, -0.15) is 13.2 Å². The Morgan fingerprint density at radius 1 is 1.30 bits per heavy atom. The number of ether oxygens (including phenoxy) is 1. The molecule has 0 radical (unpaired) electrons. The summed E-state index contributed by atoms with van der Waals surface area (Å²) in [6.07, 6.45) is -1.80. The Kier molecular flexibility index (Phi) is 4.48. The van der Waals surface area contributed by atoms with Gasteiger partial charge in [-0.3, -0.25) is 20.1 Å². The third-order valence-corrected chi connectivity index (χ3v) is 3.78. The van der Waals surface area contributed by atoms with Gasteiger partial charge >= 0.3 is 6.18 Å². The molecule has 0 fully saturated rings. The maximum absolute atomic E-state index is 13.5. The number of guanidine groups is 1. The van der Waals surface area contributed by atoms with Crippen molar-refractivity contribution in [2.75, 3.05) is 7.05 Å². The van der Waals surface area contributed by atoms with Crippen LogP contribution in [0, 0.1) is 5.41 Å². The molecule has 0 spiro atoms. The fraction of sp³-hybridized carbons (Fsp3) is 0.118. The van der Waals surface area contributed by atoms with Crippen LogP contribution >= 0.6 is 0 Å². The number of alkyl halides is 3. The van der Waals surface area contributed by atoms with E-state index < -0.39 is 23.6 Å². The topological polar surface area (TPSA) is 108 Å². The van der Waals surface area contributed by atoms with E-state index in [-0.39, 0.29) is 28.1 Å². The maximum atomic E-state index is 13.5. The summed E-state index contributed by atoms with van der Waals surface area (Å²) >= 11 is 0. The summed E-state index contributed by atoms with van der Waals surface area (Å²) < 4.78 is 46.0. The number of H-pyrrole nitrogens is 1. The number of carbonyl (C=O) groups excluding carboxylic acids is 1. The van der Waals surface area contributed by atoms with Gasteiger partial charge in [0.25, 0.3) is 5.91 Å². The largest absolute Gasteiger partial charge is 0.456 e. The van der Waals surface area contributed by atoms with Crippen LogP contribution in [0.2, 0.25) is 0 Å². The van der Waals surface area contributed by atoms with Crippen LogP contribution in [-0.2, 0) is 6.18 Å². The molecule has 0 unspecified atom stereocenters. The maximum Gasteiger partial charge on any atom is 0.417 e. The van der Waals surface area contributed by atoms with Crippen molar-refractivity contribution in [3.8, 4) is 11.5 Å². The average molecular weight is 377 g/mol. The number of hydrogen-bond acceptors (Lipinski definition) is 4. The zero-order chi connectivity index (χ0) is 19.8. The molecule has 0 aliphatic heterocycles. The molecule has 10 heteroatoms. The first-order valence-corrected chi connectivity index (χ1v) is 7.60. The van der Waals surface area contributed by atoms with Crippen LogP contribution in [-0.4, -0.2) is 33.8 Å². The number of hydrogen-bond donors (Lipinski definition) is 3. The van der Waals surface area contributed by atoms with Crippen molar-refractivity contribution in [1.29, 1.82) is 5.41 Å². The predicted octanol–water partition coefficient (Wildman–Crippen LogP) is 3.34. The third kappa shape index (κ3) is 3.68. The monoisotopic (exact) mass is 377 g/mol. The number of aromatic nitrogens is 2. The molecule has 1 amide bonds. The van der Waals surface area contributed by atoms with E-state index in [0.717, 1.165) is 17.0 Å². The number of amides is 1. The number of halogens is 3. The summed E-state index contributed by atoms with van der Waals surface area (Å²) in [5.41, 5.74) is 4.21. The minimum Gasteiger partial charge on any atom is -0.456 e. The lowest BCUT2D eigenvalue weighted by Crippen LogP contribution is -2.38. The zero-order valence-corrected chi connectivity index (χ0v) is 14.0. The van der Waals surface area contributed by atoms with Crippen LogP contribution in [0.25, 0.3) is 10.9 Å². The lowest BCUT2D eigenvalue weighted by molar-refractivity contribution is -0.136. The van der Waals surface area contributed by atoms with Crippen LogP contribution in [0.4, 0.5) is 13.2 Å². The molecule has 4 N–H and O–H groups in total. The Bertz CT molecular complexity index is 1010. The van der Waals surface area contributed by atoms with Gasteiger partial charge in [0.15, 0.2) is 5.96 Å². The van der Waals surface area contributed by atoms with Crippen LogP contribution in [0.15, 0.2) is 42.7 Å². The molecule has 2 aromatic heterocycles. The number of fused-ring (bicyclic) bond motifs is 1. The Labute approximate surface area is 151 Å². The molecular weight excluding hydrogens is 363 g/mol. The molecule has 7 nitrogen and oxygen atoms in total. The standard InChI is InChI=1S/C17H14F3N5O2/c1-25(16(21)22)15(26)14-7-11-12(17(18,19)20)5-10(6-13(11)24-14)27-9-3-2-4-23-8-9/h2-8,24H,1H3,(H3,21,22). The van der Waals surface area contributed by atoms with Crippen LogP contribution in [0.5, 0.6) is 11.5 Å². The molecule has 0 saturated heterocycles. The Balaban J connectivity index is 2.10. The number of nitrogens with zero attached hydrogens (tertiary/aromatic N) is 2. The summed E-state index contributed by atoms with van der Waals surface area (Å²) in [5, 5.41) is 7.09. The number of nitrogens with one attached hydrogen (secondary N) is 2. The van der Waals surface area contributed by atoms with Gasteiger partial charge in [-0.05, 0) is 24.3 Å². The average Bonchev–Trinajstić information content (AvgIpc) is 3.03. The Morgan fingerprint density at radius 3 is 2.63 bits per heavy atom. The number of carbonyl (C=O) groups is 1. The molecule has 2 heterocycles. The molecule has 3 rings (SSSR count). The molecule has 1 aromatic carbocycles. The highest BCUT2D eigenvalue weighted by Crippen LogP contribution is 2.39. The highest BCUT2D eigenvalue weighted by Gasteiger charge is 2.34.